The molecule has 0 bridgehead atoms. The van der Waals surface area contributed by atoms with Gasteiger partial charge in [-0.3, -0.25) is 0 Å². The zero-order valence-electron chi connectivity index (χ0n) is 28.3. The van der Waals surface area contributed by atoms with Crippen LogP contribution in [0.1, 0.15) is 22.3 Å². The number of nitrogens with zero attached hydrogens (tertiary/aromatic N) is 2. The van der Waals surface area contributed by atoms with Crippen LogP contribution in [0.3, 0.4) is 0 Å². The highest BCUT2D eigenvalue weighted by molar-refractivity contribution is 5.99. The van der Waals surface area contributed by atoms with E-state index in [1.54, 1.807) is 0 Å². The first-order valence-electron chi connectivity index (χ1n) is 17.9. The third-order valence-electron chi connectivity index (χ3n) is 11.0. The Morgan fingerprint density at radius 1 is 0.385 bits per heavy atom. The molecule has 0 saturated carbocycles. The molecule has 0 saturated heterocycles. The van der Waals surface area contributed by atoms with Gasteiger partial charge in [0.15, 0.2) is 11.5 Å². The number of para-hydroxylation sites is 4. The van der Waals surface area contributed by atoms with E-state index < -0.39 is 5.41 Å². The standard InChI is InChI=1S/C49H32N2O/c1-3-14-35(15-4-1)50(36-16-5-2-6-17-36)37-29-26-33(27-30-37)34-28-31-45-47(32-34)52-46-25-13-23-43-48(46)51(45)44-24-12-11-22-42(44)49(43)40-20-9-7-18-38(40)39-19-8-10-21-41(39)49/h1-32H. The molecule has 1 aliphatic carbocycles. The van der Waals surface area contributed by atoms with E-state index in [0.29, 0.717) is 0 Å². The quantitative estimate of drug-likeness (QED) is 0.186. The average Bonchev–Trinajstić information content (AvgIpc) is 3.51. The lowest BCUT2D eigenvalue weighted by Crippen LogP contribution is -2.37. The van der Waals surface area contributed by atoms with Gasteiger partial charge in [0.1, 0.15) is 0 Å². The number of hydrogen-bond donors (Lipinski definition) is 0. The van der Waals surface area contributed by atoms with E-state index >= 15 is 0 Å². The average molecular weight is 665 g/mol. The molecule has 0 aromatic heterocycles. The molecule has 0 amide bonds. The maximum Gasteiger partial charge on any atom is 0.152 e. The van der Waals surface area contributed by atoms with Gasteiger partial charge in [0.25, 0.3) is 0 Å². The van der Waals surface area contributed by atoms with Gasteiger partial charge < -0.3 is 14.5 Å². The lowest BCUT2D eigenvalue weighted by atomic mass is 9.64. The molecule has 1 spiro atoms. The van der Waals surface area contributed by atoms with Crippen molar-refractivity contribution in [2.24, 2.45) is 0 Å². The van der Waals surface area contributed by atoms with Crippen molar-refractivity contribution >= 4 is 34.1 Å². The molecular formula is C49H32N2O. The van der Waals surface area contributed by atoms with Gasteiger partial charge in [0.2, 0.25) is 0 Å². The first-order chi connectivity index (χ1) is 25.8. The molecule has 2 heterocycles. The molecule has 2 aliphatic heterocycles. The fraction of sp³-hybridized carbons (Fsp3) is 0.0204. The maximum absolute atomic E-state index is 6.91. The van der Waals surface area contributed by atoms with Gasteiger partial charge in [-0.1, -0.05) is 133 Å². The summed E-state index contributed by atoms with van der Waals surface area (Å²) in [4.78, 5) is 4.72. The molecular weight excluding hydrogens is 633 g/mol. The van der Waals surface area contributed by atoms with E-state index in [1.165, 1.54) is 39.1 Å². The molecule has 244 valence electrons. The van der Waals surface area contributed by atoms with Crippen LogP contribution in [0.5, 0.6) is 11.5 Å². The molecule has 0 unspecified atom stereocenters. The van der Waals surface area contributed by atoms with E-state index in [0.717, 1.165) is 51.1 Å². The second-order valence-electron chi connectivity index (χ2n) is 13.7. The van der Waals surface area contributed by atoms with Crippen LogP contribution < -0.4 is 14.5 Å². The molecule has 8 aromatic rings. The van der Waals surface area contributed by atoms with Crippen molar-refractivity contribution in [2.45, 2.75) is 5.41 Å². The minimum Gasteiger partial charge on any atom is -0.453 e. The number of anilines is 6. The van der Waals surface area contributed by atoms with Crippen LogP contribution in [0.2, 0.25) is 0 Å². The van der Waals surface area contributed by atoms with Crippen LogP contribution in [0, 0.1) is 0 Å². The predicted octanol–water partition coefficient (Wildman–Crippen LogP) is 13.1. The first-order valence-corrected chi connectivity index (χ1v) is 17.9. The third kappa shape index (κ3) is 3.96. The maximum atomic E-state index is 6.91. The van der Waals surface area contributed by atoms with Gasteiger partial charge in [-0.15, -0.1) is 0 Å². The second kappa shape index (κ2) is 11.1. The van der Waals surface area contributed by atoms with E-state index in [-0.39, 0.29) is 0 Å². The molecule has 52 heavy (non-hydrogen) atoms. The van der Waals surface area contributed by atoms with Crippen molar-refractivity contribution in [3.8, 4) is 33.8 Å². The Morgan fingerprint density at radius 3 is 1.60 bits per heavy atom. The highest BCUT2D eigenvalue weighted by atomic mass is 16.5. The summed E-state index contributed by atoms with van der Waals surface area (Å²) in [6.45, 7) is 0. The number of hydrogen-bond acceptors (Lipinski definition) is 3. The Labute approximate surface area is 303 Å². The summed E-state index contributed by atoms with van der Waals surface area (Å²) >= 11 is 0. The molecule has 0 fully saturated rings. The molecule has 0 radical (unpaired) electrons. The zero-order valence-corrected chi connectivity index (χ0v) is 28.3. The largest absolute Gasteiger partial charge is 0.453 e. The highest BCUT2D eigenvalue weighted by Gasteiger charge is 2.53. The Balaban J connectivity index is 1.03. The smallest absolute Gasteiger partial charge is 0.152 e. The van der Waals surface area contributed by atoms with Crippen LogP contribution in [-0.4, -0.2) is 0 Å². The van der Waals surface area contributed by atoms with Gasteiger partial charge >= 0.3 is 0 Å². The highest BCUT2D eigenvalue weighted by Crippen LogP contribution is 2.66. The second-order valence-corrected chi connectivity index (χ2v) is 13.7. The van der Waals surface area contributed by atoms with Gasteiger partial charge in [-0.05, 0) is 105 Å². The van der Waals surface area contributed by atoms with Crippen molar-refractivity contribution in [1.29, 1.82) is 0 Å². The normalized spacial score (nSPS) is 13.7. The van der Waals surface area contributed by atoms with Crippen LogP contribution in [0.15, 0.2) is 194 Å². The lowest BCUT2D eigenvalue weighted by molar-refractivity contribution is 0.474. The number of rotatable bonds is 4. The summed E-state index contributed by atoms with van der Waals surface area (Å²) in [5.41, 5.74) is 16.2. The summed E-state index contributed by atoms with van der Waals surface area (Å²) in [5.74, 6) is 1.72. The minimum atomic E-state index is -0.457. The number of fused-ring (bicyclic) bond motifs is 11. The fourth-order valence-corrected chi connectivity index (χ4v) is 8.94. The summed E-state index contributed by atoms with van der Waals surface area (Å²) in [5, 5.41) is 0. The fourth-order valence-electron chi connectivity index (χ4n) is 8.94. The first kappa shape index (κ1) is 28.9. The van der Waals surface area contributed by atoms with Gasteiger partial charge in [0.05, 0.1) is 22.5 Å². The van der Waals surface area contributed by atoms with Crippen molar-refractivity contribution in [2.75, 3.05) is 9.80 Å². The van der Waals surface area contributed by atoms with Gasteiger partial charge in [-0.2, -0.15) is 0 Å². The van der Waals surface area contributed by atoms with E-state index in [2.05, 4.69) is 204 Å². The Hall–Kier alpha value is -6.84. The summed E-state index contributed by atoms with van der Waals surface area (Å²) < 4.78 is 6.91. The van der Waals surface area contributed by atoms with Crippen molar-refractivity contribution < 1.29 is 4.74 Å². The Bertz CT molecular complexity index is 2580. The van der Waals surface area contributed by atoms with Crippen LogP contribution in [0.25, 0.3) is 22.3 Å². The molecule has 3 heteroatoms. The predicted molar refractivity (Wildman–Crippen MR) is 212 cm³/mol. The van der Waals surface area contributed by atoms with E-state index in [1.807, 2.05) is 0 Å². The summed E-state index contributed by atoms with van der Waals surface area (Å²) in [7, 11) is 0. The molecule has 0 atom stereocenters. The SMILES string of the molecule is c1ccc(N(c2ccccc2)c2ccc(-c3ccc4c(c3)Oc3cccc5c3N4c3ccccc3C53c4ccccc4-c4ccccc43)cc2)cc1. The van der Waals surface area contributed by atoms with E-state index in [4.69, 9.17) is 4.74 Å². The molecule has 0 N–H and O–H groups in total. The molecule has 3 aliphatic rings. The monoisotopic (exact) mass is 664 g/mol. The lowest BCUT2D eigenvalue weighted by Gasteiger charge is -2.47. The van der Waals surface area contributed by atoms with E-state index in [9.17, 15) is 0 Å². The third-order valence-corrected chi connectivity index (χ3v) is 11.0. The minimum absolute atomic E-state index is 0.457. The van der Waals surface area contributed by atoms with Crippen LogP contribution in [0.4, 0.5) is 34.1 Å². The molecule has 8 aromatic carbocycles. The molecule has 3 nitrogen and oxygen atoms in total. The van der Waals surface area contributed by atoms with Crippen molar-refractivity contribution in [3.63, 3.8) is 0 Å². The number of ether oxygens (including phenoxy) is 1. The summed E-state index contributed by atoms with van der Waals surface area (Å²) in [6.07, 6.45) is 0. The molecule has 11 rings (SSSR count). The van der Waals surface area contributed by atoms with Crippen LogP contribution >= 0.6 is 0 Å². The van der Waals surface area contributed by atoms with Crippen molar-refractivity contribution in [1.82, 2.24) is 0 Å². The van der Waals surface area contributed by atoms with Crippen molar-refractivity contribution in [3.05, 3.63) is 216 Å². The zero-order chi connectivity index (χ0) is 34.2. The summed E-state index contributed by atoms with van der Waals surface area (Å²) in [6, 6.07) is 69.9. The van der Waals surface area contributed by atoms with Gasteiger partial charge in [-0.25, -0.2) is 0 Å². The van der Waals surface area contributed by atoms with Gasteiger partial charge in [0, 0.05) is 17.1 Å². The Morgan fingerprint density at radius 2 is 0.923 bits per heavy atom. The topological polar surface area (TPSA) is 15.7 Å². The van der Waals surface area contributed by atoms with Crippen LogP contribution in [-0.2, 0) is 5.41 Å². The Kier molecular flexibility index (Phi) is 6.17. The number of benzene rings is 8.